The molecular weight excluding hydrogens is 540 g/mol. The number of benzene rings is 3. The molecule has 178 valence electrons. The molecular formula is C25H18BrClN2O6. The second-order valence-electron chi connectivity index (χ2n) is 7.32. The van der Waals surface area contributed by atoms with Crippen LogP contribution < -0.4 is 14.9 Å². The second kappa shape index (κ2) is 10.6. The van der Waals surface area contributed by atoms with Crippen LogP contribution in [0.5, 0.6) is 11.5 Å². The number of hydrogen-bond acceptors (Lipinski definition) is 6. The average Bonchev–Trinajstić information content (AvgIpc) is 3.26. The van der Waals surface area contributed by atoms with Crippen LogP contribution in [0, 0.1) is 0 Å². The lowest BCUT2D eigenvalue weighted by Gasteiger charge is -2.13. The van der Waals surface area contributed by atoms with Crippen LogP contribution in [0.25, 0.3) is 11.0 Å². The molecule has 0 spiro atoms. The minimum atomic E-state index is -1.02. The number of nitrogens with one attached hydrogen (secondary N) is 1. The van der Waals surface area contributed by atoms with E-state index in [0.717, 1.165) is 9.86 Å². The number of furan rings is 1. The quantitative estimate of drug-likeness (QED) is 0.206. The van der Waals surface area contributed by atoms with Gasteiger partial charge in [-0.15, -0.1) is 0 Å². The highest BCUT2D eigenvalue weighted by Gasteiger charge is 2.14. The summed E-state index contributed by atoms with van der Waals surface area (Å²) >= 11 is 9.77. The van der Waals surface area contributed by atoms with Crippen molar-refractivity contribution in [2.75, 3.05) is 7.11 Å². The third-order valence-corrected chi connectivity index (χ3v) is 5.66. The number of hydrazone groups is 1. The molecule has 0 aliphatic heterocycles. The summed E-state index contributed by atoms with van der Waals surface area (Å²) in [5.74, 6) is -0.754. The van der Waals surface area contributed by atoms with Crippen molar-refractivity contribution in [3.63, 3.8) is 0 Å². The van der Waals surface area contributed by atoms with E-state index in [0.29, 0.717) is 28.2 Å². The highest BCUT2D eigenvalue weighted by atomic mass is 79.9. The molecule has 10 heteroatoms. The molecule has 0 fully saturated rings. The molecule has 0 unspecified atom stereocenters. The number of carboxylic acids is 1. The number of hydrogen-bond donors (Lipinski definition) is 2. The number of amides is 1. The van der Waals surface area contributed by atoms with E-state index in [9.17, 15) is 9.59 Å². The van der Waals surface area contributed by atoms with Crippen LogP contribution >= 0.6 is 27.5 Å². The normalized spacial score (nSPS) is 11.1. The number of carbonyl (C=O) groups excluding carboxylic acids is 1. The predicted molar refractivity (Wildman–Crippen MR) is 135 cm³/mol. The van der Waals surface area contributed by atoms with E-state index in [2.05, 4.69) is 26.5 Å². The van der Waals surface area contributed by atoms with Gasteiger partial charge in [0, 0.05) is 9.86 Å². The summed E-state index contributed by atoms with van der Waals surface area (Å²) in [6.07, 6.45) is 1.41. The molecule has 3 aromatic carbocycles. The minimum Gasteiger partial charge on any atom is -0.493 e. The molecule has 0 atom stereocenters. The van der Waals surface area contributed by atoms with E-state index < -0.39 is 11.9 Å². The highest BCUT2D eigenvalue weighted by Crippen LogP contribution is 2.36. The lowest BCUT2D eigenvalue weighted by molar-refractivity contribution is 0.0696. The lowest BCUT2D eigenvalue weighted by Crippen LogP contribution is -2.16. The third kappa shape index (κ3) is 5.82. The number of ether oxygens (including phenoxy) is 2. The molecule has 0 saturated carbocycles. The fraction of sp³-hybridized carbons (Fsp3) is 0.0800. The van der Waals surface area contributed by atoms with E-state index in [1.54, 1.807) is 36.4 Å². The Bertz CT molecular complexity index is 1450. The van der Waals surface area contributed by atoms with Crippen molar-refractivity contribution < 1.29 is 28.6 Å². The first-order valence-corrected chi connectivity index (χ1v) is 11.4. The van der Waals surface area contributed by atoms with E-state index in [4.69, 9.17) is 30.6 Å². The molecule has 1 aromatic heterocycles. The van der Waals surface area contributed by atoms with Gasteiger partial charge >= 0.3 is 11.9 Å². The zero-order valence-corrected chi connectivity index (χ0v) is 20.6. The van der Waals surface area contributed by atoms with Gasteiger partial charge in [0.1, 0.15) is 12.2 Å². The summed E-state index contributed by atoms with van der Waals surface area (Å²) in [5, 5.41) is 14.2. The van der Waals surface area contributed by atoms with Gasteiger partial charge in [-0.25, -0.2) is 10.2 Å². The van der Waals surface area contributed by atoms with Crippen LogP contribution in [0.4, 0.5) is 0 Å². The van der Waals surface area contributed by atoms with E-state index in [-0.39, 0.29) is 23.0 Å². The summed E-state index contributed by atoms with van der Waals surface area (Å²) in [7, 11) is 1.46. The third-order valence-electron chi connectivity index (χ3n) is 4.89. The maximum atomic E-state index is 12.4. The Kier molecular flexibility index (Phi) is 7.38. The van der Waals surface area contributed by atoms with Gasteiger partial charge in [0.05, 0.1) is 23.9 Å². The van der Waals surface area contributed by atoms with Crippen molar-refractivity contribution in [3.05, 3.63) is 92.6 Å². The van der Waals surface area contributed by atoms with Gasteiger partial charge in [-0.3, -0.25) is 4.79 Å². The van der Waals surface area contributed by atoms with Gasteiger partial charge in [0.25, 0.3) is 0 Å². The Balaban J connectivity index is 1.44. The molecule has 4 aromatic rings. The molecule has 0 radical (unpaired) electrons. The number of halogens is 2. The van der Waals surface area contributed by atoms with Gasteiger partial charge < -0.3 is 19.0 Å². The van der Waals surface area contributed by atoms with Crippen molar-refractivity contribution in [2.45, 2.75) is 6.61 Å². The van der Waals surface area contributed by atoms with Gasteiger partial charge in [-0.1, -0.05) is 39.7 Å². The molecule has 0 bridgehead atoms. The number of carbonyl (C=O) groups is 2. The first-order valence-electron chi connectivity index (χ1n) is 10.2. The molecule has 4 rings (SSSR count). The van der Waals surface area contributed by atoms with Crippen LogP contribution in [-0.2, 0) is 6.61 Å². The van der Waals surface area contributed by atoms with Gasteiger partial charge in [0.2, 0.25) is 0 Å². The Morgan fingerprint density at radius 1 is 1.17 bits per heavy atom. The summed E-state index contributed by atoms with van der Waals surface area (Å²) in [5.41, 5.74) is 4.38. The standard InChI is InChI=1S/C25H18BrClN2O6/c1-33-21-9-15(8-19(27)23(21)34-13-14-3-2-4-16(7-14)25(31)32)12-28-29-24(30)22-11-17-10-18(26)5-6-20(17)35-22/h2-12H,13H2,1H3,(H,29,30)(H,31,32)/b28-12+. The van der Waals surface area contributed by atoms with Crippen molar-refractivity contribution in [2.24, 2.45) is 5.10 Å². The topological polar surface area (TPSA) is 110 Å². The van der Waals surface area contributed by atoms with E-state index >= 15 is 0 Å². The van der Waals surface area contributed by atoms with Gasteiger partial charge in [-0.2, -0.15) is 5.10 Å². The van der Waals surface area contributed by atoms with Crippen molar-refractivity contribution in [3.8, 4) is 11.5 Å². The van der Waals surface area contributed by atoms with Crippen LogP contribution in [-0.4, -0.2) is 30.3 Å². The molecule has 2 N–H and O–H groups in total. The predicted octanol–water partition coefficient (Wildman–Crippen LogP) is 5.90. The molecule has 35 heavy (non-hydrogen) atoms. The fourth-order valence-corrected chi connectivity index (χ4v) is 3.90. The number of fused-ring (bicyclic) bond motifs is 1. The van der Waals surface area contributed by atoms with Gasteiger partial charge in [-0.05, 0) is 59.7 Å². The average molecular weight is 558 g/mol. The zero-order chi connectivity index (χ0) is 24.9. The van der Waals surface area contributed by atoms with E-state index in [1.165, 1.54) is 25.5 Å². The molecule has 0 aliphatic rings. The van der Waals surface area contributed by atoms with E-state index in [1.807, 2.05) is 12.1 Å². The Morgan fingerprint density at radius 2 is 2.00 bits per heavy atom. The number of carboxylic acid groups (broad SMARTS) is 1. The van der Waals surface area contributed by atoms with Gasteiger partial charge in [0.15, 0.2) is 17.3 Å². The lowest BCUT2D eigenvalue weighted by atomic mass is 10.1. The van der Waals surface area contributed by atoms with Crippen LogP contribution in [0.15, 0.2) is 74.7 Å². The monoisotopic (exact) mass is 556 g/mol. The maximum absolute atomic E-state index is 12.4. The van der Waals surface area contributed by atoms with Crippen molar-refractivity contribution in [1.29, 1.82) is 0 Å². The second-order valence-corrected chi connectivity index (χ2v) is 8.64. The molecule has 0 saturated heterocycles. The van der Waals surface area contributed by atoms with Crippen LogP contribution in [0.3, 0.4) is 0 Å². The summed E-state index contributed by atoms with van der Waals surface area (Å²) in [6, 6.07) is 16.7. The van der Waals surface area contributed by atoms with Crippen LogP contribution in [0.1, 0.15) is 32.0 Å². The first-order chi connectivity index (χ1) is 16.8. The van der Waals surface area contributed by atoms with Crippen molar-refractivity contribution >= 4 is 56.6 Å². The van der Waals surface area contributed by atoms with Crippen LogP contribution in [0.2, 0.25) is 5.02 Å². The molecule has 8 nitrogen and oxygen atoms in total. The summed E-state index contributed by atoms with van der Waals surface area (Å²) in [4.78, 5) is 23.5. The van der Waals surface area contributed by atoms with Crippen molar-refractivity contribution in [1.82, 2.24) is 5.43 Å². The number of nitrogens with zero attached hydrogens (tertiary/aromatic N) is 1. The first kappa shape index (κ1) is 24.3. The largest absolute Gasteiger partial charge is 0.493 e. The fourth-order valence-electron chi connectivity index (χ4n) is 3.25. The highest BCUT2D eigenvalue weighted by molar-refractivity contribution is 9.10. The Morgan fingerprint density at radius 3 is 2.77 bits per heavy atom. The molecule has 1 heterocycles. The smallest absolute Gasteiger partial charge is 0.335 e. The Hall–Kier alpha value is -3.82. The number of methoxy groups -OCH3 is 1. The summed E-state index contributed by atoms with van der Waals surface area (Å²) in [6.45, 7) is 0.0920. The molecule has 0 aliphatic carbocycles. The maximum Gasteiger partial charge on any atom is 0.335 e. The minimum absolute atomic E-state index is 0.0920. The molecule has 1 amide bonds. The zero-order valence-electron chi connectivity index (χ0n) is 18.2. The Labute approximate surface area is 213 Å². The number of aromatic carboxylic acids is 1. The number of rotatable bonds is 8. The SMILES string of the molecule is COc1cc(/C=N/NC(=O)c2cc3cc(Br)ccc3o2)cc(Cl)c1OCc1cccc(C(=O)O)c1. The summed E-state index contributed by atoms with van der Waals surface area (Å²) < 4.78 is 17.6.